The number of benzene rings is 1. The summed E-state index contributed by atoms with van der Waals surface area (Å²) in [6.45, 7) is 19.6. The van der Waals surface area contributed by atoms with E-state index in [1.54, 1.807) is 0 Å². The minimum atomic E-state index is 0.134. The molecule has 0 fully saturated rings. The fourth-order valence-electron chi connectivity index (χ4n) is 2.47. The zero-order valence-corrected chi connectivity index (χ0v) is 16.1. The second-order valence-corrected chi connectivity index (χ2v) is 9.84. The lowest BCUT2D eigenvalue weighted by Gasteiger charge is -2.28. The number of alkyl halides is 1. The van der Waals surface area contributed by atoms with E-state index in [1.807, 2.05) is 6.92 Å². The Bertz CT molecular complexity index is 499. The standard InChI is InChI=1S/C19H27I/c1-13(2)9-10-15-11-16(18(4,5)6)14(3)17(12-15)19(7,8)20/h9-12H,1H2,2-8H3/b10-9+. The van der Waals surface area contributed by atoms with Gasteiger partial charge < -0.3 is 0 Å². The number of halogens is 1. The van der Waals surface area contributed by atoms with Gasteiger partial charge in [-0.15, -0.1) is 0 Å². The second kappa shape index (κ2) is 6.05. The van der Waals surface area contributed by atoms with Gasteiger partial charge in [-0.1, -0.05) is 79.8 Å². The van der Waals surface area contributed by atoms with Gasteiger partial charge >= 0.3 is 0 Å². The predicted octanol–water partition coefficient (Wildman–Crippen LogP) is 6.55. The fourth-order valence-corrected chi connectivity index (χ4v) is 3.03. The predicted molar refractivity (Wildman–Crippen MR) is 101 cm³/mol. The lowest BCUT2D eigenvalue weighted by Crippen LogP contribution is -2.18. The first kappa shape index (κ1) is 17.5. The first-order valence-electron chi connectivity index (χ1n) is 7.11. The lowest BCUT2D eigenvalue weighted by molar-refractivity contribution is 0.583. The maximum atomic E-state index is 3.94. The Balaban J connectivity index is 3.54. The van der Waals surface area contributed by atoms with Crippen molar-refractivity contribution in [3.63, 3.8) is 0 Å². The molecule has 0 N–H and O–H groups in total. The molecule has 0 aliphatic carbocycles. The van der Waals surface area contributed by atoms with Gasteiger partial charge in [0.2, 0.25) is 0 Å². The SMILES string of the molecule is C=C(C)/C=C/c1cc(C(C)(C)C)c(C)c(C(C)(C)I)c1. The smallest absolute Gasteiger partial charge is 0.0417 e. The van der Waals surface area contributed by atoms with Crippen molar-refractivity contribution < 1.29 is 0 Å². The highest BCUT2D eigenvalue weighted by molar-refractivity contribution is 14.1. The van der Waals surface area contributed by atoms with E-state index in [1.165, 1.54) is 22.3 Å². The summed E-state index contributed by atoms with van der Waals surface area (Å²) in [6, 6.07) is 4.64. The molecule has 1 heteroatoms. The van der Waals surface area contributed by atoms with E-state index in [9.17, 15) is 0 Å². The molecule has 0 nitrogen and oxygen atoms in total. The molecular formula is C19H27I. The third-order valence-electron chi connectivity index (χ3n) is 3.44. The summed E-state index contributed by atoms with van der Waals surface area (Å²) in [4.78, 5) is 0. The van der Waals surface area contributed by atoms with E-state index in [4.69, 9.17) is 0 Å². The van der Waals surface area contributed by atoms with Crippen LogP contribution < -0.4 is 0 Å². The average molecular weight is 382 g/mol. The van der Waals surface area contributed by atoms with Crippen molar-refractivity contribution in [1.82, 2.24) is 0 Å². The molecule has 0 aliphatic heterocycles. The first-order valence-corrected chi connectivity index (χ1v) is 8.19. The molecule has 0 spiro atoms. The van der Waals surface area contributed by atoms with Gasteiger partial charge in [0.1, 0.15) is 0 Å². The summed E-state index contributed by atoms with van der Waals surface area (Å²) in [6.07, 6.45) is 4.25. The highest BCUT2D eigenvalue weighted by Crippen LogP contribution is 2.38. The zero-order chi connectivity index (χ0) is 15.7. The molecule has 1 aromatic carbocycles. The van der Waals surface area contributed by atoms with Crippen molar-refractivity contribution in [3.8, 4) is 0 Å². The first-order chi connectivity index (χ1) is 8.93. The van der Waals surface area contributed by atoms with Crippen LogP contribution in [0, 0.1) is 6.92 Å². The number of hydrogen-bond donors (Lipinski definition) is 0. The summed E-state index contributed by atoms with van der Waals surface area (Å²) in [5.74, 6) is 0. The Labute approximate surface area is 138 Å². The van der Waals surface area contributed by atoms with Crippen molar-refractivity contribution in [2.75, 3.05) is 0 Å². The molecule has 0 aliphatic rings. The quantitative estimate of drug-likeness (QED) is 0.316. The molecule has 0 bridgehead atoms. The molecule has 0 amide bonds. The third kappa shape index (κ3) is 4.47. The molecule has 0 saturated carbocycles. The Morgan fingerprint density at radius 3 is 2.00 bits per heavy atom. The summed E-state index contributed by atoms with van der Waals surface area (Å²) >= 11 is 2.53. The maximum Gasteiger partial charge on any atom is 0.0417 e. The molecule has 110 valence electrons. The van der Waals surface area contributed by atoms with Crippen LogP contribution in [0.15, 0.2) is 30.4 Å². The van der Waals surface area contributed by atoms with E-state index >= 15 is 0 Å². The molecule has 1 rings (SSSR count). The molecule has 0 unspecified atom stereocenters. The van der Waals surface area contributed by atoms with Crippen molar-refractivity contribution in [3.05, 3.63) is 52.6 Å². The van der Waals surface area contributed by atoms with Gasteiger partial charge in [0.15, 0.2) is 0 Å². The monoisotopic (exact) mass is 382 g/mol. The number of hydrogen-bond acceptors (Lipinski definition) is 0. The van der Waals surface area contributed by atoms with Gasteiger partial charge in [-0.25, -0.2) is 0 Å². The van der Waals surface area contributed by atoms with Gasteiger partial charge in [0, 0.05) is 3.42 Å². The summed E-state index contributed by atoms with van der Waals surface area (Å²) in [7, 11) is 0. The Kier molecular flexibility index (Phi) is 5.29. The van der Waals surface area contributed by atoms with Crippen LogP contribution in [0.3, 0.4) is 0 Å². The molecule has 1 aromatic rings. The maximum absolute atomic E-state index is 3.94. The van der Waals surface area contributed by atoms with Gasteiger partial charge in [0.05, 0.1) is 0 Å². The summed E-state index contributed by atoms with van der Waals surface area (Å²) in [5, 5.41) is 0. The zero-order valence-electron chi connectivity index (χ0n) is 13.9. The molecule has 0 saturated heterocycles. The molecule has 0 atom stereocenters. The van der Waals surface area contributed by atoms with Gasteiger partial charge in [0.25, 0.3) is 0 Å². The van der Waals surface area contributed by atoms with Gasteiger partial charge in [-0.2, -0.15) is 0 Å². The Morgan fingerprint density at radius 1 is 1.10 bits per heavy atom. The van der Waals surface area contributed by atoms with Crippen molar-refractivity contribution in [2.24, 2.45) is 0 Å². The molecular weight excluding hydrogens is 355 g/mol. The van der Waals surface area contributed by atoms with Crippen LogP contribution in [0.1, 0.15) is 63.8 Å². The van der Waals surface area contributed by atoms with E-state index in [0.29, 0.717) is 0 Å². The normalized spacial score (nSPS) is 13.0. The highest BCUT2D eigenvalue weighted by atomic mass is 127. The van der Waals surface area contributed by atoms with Gasteiger partial charge in [-0.05, 0) is 55.4 Å². The van der Waals surface area contributed by atoms with Crippen LogP contribution in [0.5, 0.6) is 0 Å². The fraction of sp³-hybridized carbons (Fsp3) is 0.474. The van der Waals surface area contributed by atoms with Crippen molar-refractivity contribution in [2.45, 2.75) is 57.3 Å². The van der Waals surface area contributed by atoms with E-state index in [0.717, 1.165) is 5.57 Å². The van der Waals surface area contributed by atoms with Crippen LogP contribution >= 0.6 is 22.6 Å². The third-order valence-corrected chi connectivity index (χ3v) is 4.02. The van der Waals surface area contributed by atoms with Crippen molar-refractivity contribution in [1.29, 1.82) is 0 Å². The number of allylic oxidation sites excluding steroid dienone is 2. The average Bonchev–Trinajstić information content (AvgIpc) is 2.24. The highest BCUT2D eigenvalue weighted by Gasteiger charge is 2.24. The Hall–Kier alpha value is -0.570. The van der Waals surface area contributed by atoms with Crippen LogP contribution in [-0.2, 0) is 8.84 Å². The molecule has 0 aromatic heterocycles. The largest absolute Gasteiger partial charge is 0.0961 e. The van der Waals surface area contributed by atoms with Crippen LogP contribution in [0.4, 0.5) is 0 Å². The van der Waals surface area contributed by atoms with Crippen molar-refractivity contribution >= 4 is 28.7 Å². The van der Waals surface area contributed by atoms with Crippen LogP contribution in [0.2, 0.25) is 0 Å². The molecule has 20 heavy (non-hydrogen) atoms. The minimum absolute atomic E-state index is 0.134. The number of rotatable bonds is 3. The van der Waals surface area contributed by atoms with Crippen LogP contribution in [-0.4, -0.2) is 0 Å². The summed E-state index contributed by atoms with van der Waals surface area (Å²) < 4.78 is 0.134. The van der Waals surface area contributed by atoms with Crippen LogP contribution in [0.25, 0.3) is 6.08 Å². The second-order valence-electron chi connectivity index (χ2n) is 7.14. The van der Waals surface area contributed by atoms with E-state index in [2.05, 4.69) is 95.0 Å². The molecule has 0 radical (unpaired) electrons. The minimum Gasteiger partial charge on any atom is -0.0961 e. The van der Waals surface area contributed by atoms with Gasteiger partial charge in [-0.3, -0.25) is 0 Å². The van der Waals surface area contributed by atoms with E-state index in [-0.39, 0.29) is 8.84 Å². The lowest BCUT2D eigenvalue weighted by atomic mass is 9.79. The molecule has 0 heterocycles. The summed E-state index contributed by atoms with van der Waals surface area (Å²) in [5.41, 5.74) is 6.78. The Morgan fingerprint density at radius 2 is 1.60 bits per heavy atom. The van der Waals surface area contributed by atoms with E-state index < -0.39 is 0 Å². The topological polar surface area (TPSA) is 0 Å².